The van der Waals surface area contributed by atoms with Crippen LogP contribution in [0.15, 0.2) is 16.7 Å². The van der Waals surface area contributed by atoms with Crippen LogP contribution in [0, 0.1) is 23.2 Å². The van der Waals surface area contributed by atoms with Gasteiger partial charge in [-0.15, -0.1) is 0 Å². The minimum atomic E-state index is -0.300. The van der Waals surface area contributed by atoms with Crippen LogP contribution in [-0.4, -0.2) is 22.4 Å². The van der Waals surface area contributed by atoms with Crippen LogP contribution in [0.25, 0.3) is 0 Å². The third-order valence-corrected chi connectivity index (χ3v) is 7.18. The molecule has 2 amide bonds. The quantitative estimate of drug-likeness (QED) is 0.844. The summed E-state index contributed by atoms with van der Waals surface area (Å²) in [6, 6.07) is 3.90. The van der Waals surface area contributed by atoms with E-state index in [1.807, 2.05) is 23.7 Å². The minimum absolute atomic E-state index is 0.0243. The van der Waals surface area contributed by atoms with E-state index in [4.69, 9.17) is 5.73 Å². The predicted octanol–water partition coefficient (Wildman–Crippen LogP) is 2.20. The van der Waals surface area contributed by atoms with E-state index in [-0.39, 0.29) is 23.3 Å². The second-order valence-corrected chi connectivity index (χ2v) is 8.53. The van der Waals surface area contributed by atoms with E-state index in [1.54, 1.807) is 0 Å². The number of rotatable bonds is 3. The van der Waals surface area contributed by atoms with Crippen molar-refractivity contribution in [3.05, 3.63) is 22.4 Å². The van der Waals surface area contributed by atoms with Crippen molar-refractivity contribution in [3.8, 4) is 0 Å². The zero-order valence-corrected chi connectivity index (χ0v) is 14.8. The fraction of sp³-hybridized carbons (Fsp3) is 0.647. The van der Waals surface area contributed by atoms with Crippen LogP contribution in [0.3, 0.4) is 0 Å². The highest BCUT2D eigenvalue weighted by Crippen LogP contribution is 2.59. The number of amides is 2. The lowest BCUT2D eigenvalue weighted by Gasteiger charge is -2.58. The molecule has 23 heavy (non-hydrogen) atoms. The highest BCUT2D eigenvalue weighted by Gasteiger charge is 2.58. The molecule has 6 heteroatoms. The molecular weight excluding hydrogens is 358 g/mol. The van der Waals surface area contributed by atoms with Crippen LogP contribution in [-0.2, 0) is 11.8 Å². The SMILES string of the molecule is Cn1c(Br)ccc1C(=O)N[C@H]1C2CC3CC1C[C@](C(N)=O)(C3)C2. The van der Waals surface area contributed by atoms with E-state index in [0.717, 1.165) is 36.7 Å². The third-order valence-electron chi connectivity index (χ3n) is 6.39. The normalized spacial score (nSPS) is 37.8. The number of hydrogen-bond acceptors (Lipinski definition) is 2. The molecular formula is C17H22BrN3O2. The molecule has 1 heterocycles. The first-order chi connectivity index (χ1) is 10.9. The van der Waals surface area contributed by atoms with Crippen LogP contribution in [0.5, 0.6) is 0 Å². The number of nitrogens with zero attached hydrogens (tertiary/aromatic N) is 1. The first-order valence-corrected chi connectivity index (χ1v) is 9.11. The van der Waals surface area contributed by atoms with Crippen molar-refractivity contribution in [1.29, 1.82) is 0 Å². The molecule has 5 nitrogen and oxygen atoms in total. The molecule has 2 atom stereocenters. The Balaban J connectivity index is 1.54. The van der Waals surface area contributed by atoms with E-state index in [9.17, 15) is 9.59 Å². The van der Waals surface area contributed by atoms with Gasteiger partial charge in [0.15, 0.2) is 0 Å². The number of primary amides is 1. The Morgan fingerprint density at radius 3 is 2.43 bits per heavy atom. The number of hydrogen-bond donors (Lipinski definition) is 2. The number of nitrogens with two attached hydrogens (primary N) is 1. The van der Waals surface area contributed by atoms with Gasteiger partial charge in [-0.2, -0.15) is 0 Å². The Bertz CT molecular complexity index is 667. The predicted molar refractivity (Wildman–Crippen MR) is 89.5 cm³/mol. The number of nitrogens with one attached hydrogen (secondary N) is 1. The molecule has 0 spiro atoms. The van der Waals surface area contributed by atoms with E-state index < -0.39 is 0 Å². The summed E-state index contributed by atoms with van der Waals surface area (Å²) >= 11 is 3.43. The fourth-order valence-electron chi connectivity index (χ4n) is 5.50. The van der Waals surface area contributed by atoms with Gasteiger partial charge in [0.2, 0.25) is 5.91 Å². The summed E-state index contributed by atoms with van der Waals surface area (Å²) in [6.07, 6.45) is 4.88. The van der Waals surface area contributed by atoms with E-state index in [0.29, 0.717) is 23.4 Å². The number of carbonyl (C=O) groups excluding carboxylic acids is 2. The van der Waals surface area contributed by atoms with Crippen molar-refractivity contribution < 1.29 is 9.59 Å². The summed E-state index contributed by atoms with van der Waals surface area (Å²) in [5.74, 6) is 1.23. The Labute approximate surface area is 144 Å². The van der Waals surface area contributed by atoms with Gasteiger partial charge in [0, 0.05) is 18.5 Å². The Kier molecular flexibility index (Phi) is 3.38. The topological polar surface area (TPSA) is 77.1 Å². The van der Waals surface area contributed by atoms with Gasteiger partial charge in [-0.3, -0.25) is 9.59 Å². The average molecular weight is 380 g/mol. The summed E-state index contributed by atoms with van der Waals surface area (Å²) in [6.45, 7) is 0. The summed E-state index contributed by atoms with van der Waals surface area (Å²) in [5, 5.41) is 3.26. The molecule has 4 saturated carbocycles. The minimum Gasteiger partial charge on any atom is -0.369 e. The molecule has 4 fully saturated rings. The highest BCUT2D eigenvalue weighted by molar-refractivity contribution is 9.10. The molecule has 5 rings (SSSR count). The lowest BCUT2D eigenvalue weighted by molar-refractivity contribution is -0.145. The first kappa shape index (κ1) is 15.2. The summed E-state index contributed by atoms with van der Waals surface area (Å²) in [5.41, 5.74) is 6.08. The zero-order valence-electron chi connectivity index (χ0n) is 13.2. The van der Waals surface area contributed by atoms with E-state index in [2.05, 4.69) is 21.2 Å². The average Bonchev–Trinajstić information content (AvgIpc) is 2.82. The monoisotopic (exact) mass is 379 g/mol. The Hall–Kier alpha value is -1.30. The fourth-order valence-corrected chi connectivity index (χ4v) is 5.82. The maximum absolute atomic E-state index is 12.6. The first-order valence-electron chi connectivity index (χ1n) is 8.31. The number of halogens is 1. The maximum Gasteiger partial charge on any atom is 0.268 e. The largest absolute Gasteiger partial charge is 0.369 e. The molecule has 4 aliphatic carbocycles. The molecule has 4 aliphatic rings. The molecule has 1 aromatic heterocycles. The van der Waals surface area contributed by atoms with Crippen LogP contribution < -0.4 is 11.1 Å². The van der Waals surface area contributed by atoms with Gasteiger partial charge in [-0.25, -0.2) is 0 Å². The molecule has 4 bridgehead atoms. The van der Waals surface area contributed by atoms with Crippen molar-refractivity contribution in [1.82, 2.24) is 9.88 Å². The van der Waals surface area contributed by atoms with E-state index in [1.165, 1.54) is 0 Å². The number of carbonyl (C=O) groups is 2. The second-order valence-electron chi connectivity index (χ2n) is 7.71. The Morgan fingerprint density at radius 1 is 1.26 bits per heavy atom. The number of aromatic nitrogens is 1. The van der Waals surface area contributed by atoms with E-state index >= 15 is 0 Å². The molecule has 0 aliphatic heterocycles. The molecule has 124 valence electrons. The third kappa shape index (κ3) is 2.25. The smallest absolute Gasteiger partial charge is 0.268 e. The van der Waals surface area contributed by atoms with Gasteiger partial charge in [-0.05, 0) is 77.9 Å². The van der Waals surface area contributed by atoms with Crippen molar-refractivity contribution in [2.45, 2.75) is 38.1 Å². The van der Waals surface area contributed by atoms with Crippen molar-refractivity contribution in [2.75, 3.05) is 0 Å². The van der Waals surface area contributed by atoms with Gasteiger partial charge >= 0.3 is 0 Å². The summed E-state index contributed by atoms with van der Waals surface area (Å²) in [4.78, 5) is 24.6. The molecule has 1 aromatic rings. The van der Waals surface area contributed by atoms with Crippen LogP contribution in [0.4, 0.5) is 0 Å². The zero-order chi connectivity index (χ0) is 16.4. The van der Waals surface area contributed by atoms with Gasteiger partial charge in [0.1, 0.15) is 5.69 Å². The molecule has 0 radical (unpaired) electrons. The van der Waals surface area contributed by atoms with Crippen LogP contribution in [0.2, 0.25) is 0 Å². The summed E-state index contributed by atoms with van der Waals surface area (Å²) < 4.78 is 2.73. The molecule has 3 N–H and O–H groups in total. The van der Waals surface area contributed by atoms with Crippen molar-refractivity contribution in [2.24, 2.45) is 36.0 Å². The lowest BCUT2D eigenvalue weighted by Crippen LogP contribution is -2.62. The highest BCUT2D eigenvalue weighted by atomic mass is 79.9. The Morgan fingerprint density at radius 2 is 1.91 bits per heavy atom. The summed E-state index contributed by atoms with van der Waals surface area (Å²) in [7, 11) is 1.87. The van der Waals surface area contributed by atoms with Crippen LogP contribution >= 0.6 is 15.9 Å². The lowest BCUT2D eigenvalue weighted by atomic mass is 9.47. The maximum atomic E-state index is 12.6. The molecule has 2 unspecified atom stereocenters. The van der Waals surface area contributed by atoms with Crippen LogP contribution in [0.1, 0.15) is 42.6 Å². The van der Waals surface area contributed by atoms with Gasteiger partial charge in [-0.1, -0.05) is 0 Å². The second kappa shape index (κ2) is 5.10. The van der Waals surface area contributed by atoms with Gasteiger partial charge < -0.3 is 15.6 Å². The molecule has 0 saturated heterocycles. The van der Waals surface area contributed by atoms with Gasteiger partial charge in [0.05, 0.1) is 4.60 Å². The standard InChI is InChI=1S/C17H22BrN3O2/c1-21-12(2-3-13(21)18)15(22)20-14-10-4-9-5-11(14)8-17(6-9,7-10)16(19)23/h2-3,9-11,14H,4-8H2,1H3,(H2,19,23)(H,20,22)/t9?,10?,11?,14-,17-. The van der Waals surface area contributed by atoms with Crippen molar-refractivity contribution >= 4 is 27.7 Å². The molecule has 0 aromatic carbocycles. The van der Waals surface area contributed by atoms with Gasteiger partial charge in [0.25, 0.3) is 5.91 Å². The van der Waals surface area contributed by atoms with Crippen molar-refractivity contribution in [3.63, 3.8) is 0 Å².